The first-order valence-corrected chi connectivity index (χ1v) is 10.7. The molecule has 1 aliphatic rings. The Kier molecular flexibility index (Phi) is 8.19. The van der Waals surface area contributed by atoms with E-state index in [2.05, 4.69) is 10.3 Å². The number of benzene rings is 2. The molecule has 34 heavy (non-hydrogen) atoms. The van der Waals surface area contributed by atoms with Crippen LogP contribution in [0.5, 0.6) is 0 Å². The number of hydrogen-bond donors (Lipinski definition) is 3. The van der Waals surface area contributed by atoms with Crippen LogP contribution in [0.1, 0.15) is 41.3 Å². The van der Waals surface area contributed by atoms with E-state index >= 15 is 0 Å². The highest BCUT2D eigenvalue weighted by Crippen LogP contribution is 2.21. The first-order valence-electron chi connectivity index (χ1n) is 10.7. The van der Waals surface area contributed by atoms with E-state index in [-0.39, 0.29) is 29.0 Å². The highest BCUT2D eigenvalue weighted by Gasteiger charge is 2.24. The molecule has 4 N–H and O–H groups in total. The van der Waals surface area contributed by atoms with E-state index in [1.54, 1.807) is 12.3 Å². The van der Waals surface area contributed by atoms with Crippen LogP contribution in [-0.4, -0.2) is 29.5 Å². The van der Waals surface area contributed by atoms with Crippen molar-refractivity contribution in [3.8, 4) is 0 Å². The minimum Gasteiger partial charge on any atom is -0.398 e. The van der Waals surface area contributed by atoms with Crippen LogP contribution in [0.25, 0.3) is 5.70 Å². The Morgan fingerprint density at radius 1 is 1.21 bits per heavy atom. The van der Waals surface area contributed by atoms with E-state index in [0.29, 0.717) is 17.7 Å². The van der Waals surface area contributed by atoms with E-state index in [1.807, 2.05) is 12.2 Å². The quantitative estimate of drug-likeness (QED) is 0.473. The van der Waals surface area contributed by atoms with Gasteiger partial charge in [-0.15, -0.1) is 0 Å². The first-order chi connectivity index (χ1) is 16.3. The molecule has 3 rings (SSSR count). The molecule has 0 fully saturated rings. The summed E-state index contributed by atoms with van der Waals surface area (Å²) in [7, 11) is 0. The van der Waals surface area contributed by atoms with Gasteiger partial charge in [-0.05, 0) is 67.5 Å². The molecule has 2 aromatic rings. The van der Waals surface area contributed by atoms with Gasteiger partial charge in [-0.25, -0.2) is 13.2 Å². The van der Waals surface area contributed by atoms with Crippen molar-refractivity contribution in [2.24, 2.45) is 10.7 Å². The van der Waals surface area contributed by atoms with Gasteiger partial charge in [-0.3, -0.25) is 9.79 Å². The molecular weight excluding hydrogens is 441 g/mol. The summed E-state index contributed by atoms with van der Waals surface area (Å²) in [6.45, 7) is 1.33. The van der Waals surface area contributed by atoms with Crippen molar-refractivity contribution >= 4 is 23.0 Å². The molecule has 5 nitrogen and oxygen atoms in total. The van der Waals surface area contributed by atoms with Gasteiger partial charge in [0.05, 0.1) is 17.3 Å². The van der Waals surface area contributed by atoms with Crippen LogP contribution in [0.4, 0.5) is 13.2 Å². The number of nitrogens with two attached hydrogens (primary N) is 1. The molecular formula is C26H25F3N4O. The molecule has 0 saturated carbocycles. The second-order valence-corrected chi connectivity index (χ2v) is 7.79. The van der Waals surface area contributed by atoms with E-state index < -0.39 is 29.8 Å². The number of hydrogen-bond acceptors (Lipinski definition) is 4. The zero-order valence-corrected chi connectivity index (χ0v) is 18.6. The van der Waals surface area contributed by atoms with Gasteiger partial charge in [0.1, 0.15) is 17.8 Å². The molecule has 0 spiro atoms. The molecule has 1 heterocycles. The normalized spacial score (nSPS) is 15.3. The fourth-order valence-electron chi connectivity index (χ4n) is 3.40. The fraction of sp³-hybridized carbons (Fsp3) is 0.192. The largest absolute Gasteiger partial charge is 0.398 e. The maximum atomic E-state index is 14.7. The topological polar surface area (TPSA) is 91.3 Å². The maximum absolute atomic E-state index is 14.7. The predicted octanol–water partition coefficient (Wildman–Crippen LogP) is 5.09. The van der Waals surface area contributed by atoms with Gasteiger partial charge < -0.3 is 16.5 Å². The molecule has 0 radical (unpaired) electrons. The van der Waals surface area contributed by atoms with Gasteiger partial charge in [-0.1, -0.05) is 18.2 Å². The van der Waals surface area contributed by atoms with E-state index in [0.717, 1.165) is 6.07 Å². The van der Waals surface area contributed by atoms with Crippen LogP contribution in [0.3, 0.4) is 0 Å². The summed E-state index contributed by atoms with van der Waals surface area (Å²) in [5.41, 5.74) is 6.50. The zero-order valence-electron chi connectivity index (χ0n) is 18.6. The summed E-state index contributed by atoms with van der Waals surface area (Å²) < 4.78 is 42.3. The molecule has 0 saturated heterocycles. The molecule has 2 atom stereocenters. The fourth-order valence-corrected chi connectivity index (χ4v) is 3.40. The highest BCUT2D eigenvalue weighted by atomic mass is 19.1. The van der Waals surface area contributed by atoms with E-state index in [4.69, 9.17) is 11.1 Å². The minimum atomic E-state index is -1.40. The molecule has 2 unspecified atom stereocenters. The molecule has 2 aromatic carbocycles. The lowest BCUT2D eigenvalue weighted by Crippen LogP contribution is -2.42. The second kappa shape index (κ2) is 11.3. The number of nitrogens with zero attached hydrogens (tertiary/aromatic N) is 1. The Labute approximate surface area is 196 Å². The Morgan fingerprint density at radius 2 is 1.94 bits per heavy atom. The second-order valence-electron chi connectivity index (χ2n) is 7.79. The van der Waals surface area contributed by atoms with Gasteiger partial charge in [0, 0.05) is 29.6 Å². The van der Waals surface area contributed by atoms with Crippen LogP contribution >= 0.6 is 0 Å². The summed E-state index contributed by atoms with van der Waals surface area (Å²) in [6, 6.07) is 8.13. The molecule has 1 amide bonds. The van der Waals surface area contributed by atoms with Crippen LogP contribution in [0.15, 0.2) is 78.0 Å². The summed E-state index contributed by atoms with van der Waals surface area (Å²) >= 11 is 0. The molecule has 0 bridgehead atoms. The third-order valence-corrected chi connectivity index (χ3v) is 5.23. The maximum Gasteiger partial charge on any atom is 0.252 e. The Morgan fingerprint density at radius 3 is 2.65 bits per heavy atom. The number of aliphatic imine (C=N–C) groups is 1. The molecule has 176 valence electrons. The molecule has 8 heteroatoms. The van der Waals surface area contributed by atoms with Crippen LogP contribution in [0.2, 0.25) is 0 Å². The summed E-state index contributed by atoms with van der Waals surface area (Å²) in [5.74, 6) is -1.93. The monoisotopic (exact) mass is 466 g/mol. The van der Waals surface area contributed by atoms with Gasteiger partial charge in [-0.2, -0.15) is 0 Å². The van der Waals surface area contributed by atoms with Crippen molar-refractivity contribution in [3.63, 3.8) is 0 Å². The third-order valence-electron chi connectivity index (χ3n) is 5.23. The van der Waals surface area contributed by atoms with Gasteiger partial charge in [0.2, 0.25) is 0 Å². The number of nitrogens with one attached hydrogen (secondary N) is 2. The lowest BCUT2D eigenvalue weighted by atomic mass is 9.99. The zero-order chi connectivity index (χ0) is 24.7. The lowest BCUT2D eigenvalue weighted by molar-refractivity contribution is 0.0915. The number of carbonyl (C=O) groups is 1. The van der Waals surface area contributed by atoms with Crippen LogP contribution < -0.4 is 11.1 Å². The number of allylic oxidation sites excluding steroid dienone is 4. The van der Waals surface area contributed by atoms with Crippen molar-refractivity contribution in [2.45, 2.75) is 32.0 Å². The number of amides is 1. The Bertz CT molecular complexity index is 1180. The predicted molar refractivity (Wildman–Crippen MR) is 129 cm³/mol. The first kappa shape index (κ1) is 24.7. The van der Waals surface area contributed by atoms with Crippen molar-refractivity contribution < 1.29 is 18.0 Å². The van der Waals surface area contributed by atoms with Crippen molar-refractivity contribution in [2.75, 3.05) is 0 Å². The summed E-state index contributed by atoms with van der Waals surface area (Å²) in [4.78, 5) is 17.3. The smallest absolute Gasteiger partial charge is 0.252 e. The lowest BCUT2D eigenvalue weighted by Gasteiger charge is -2.21. The SMILES string of the molecule is CC(F)C(CC1=NC=CCC=C1)NC(=O)c1cccc(F)c1C(N)=CC(=N)c1ccc(F)cc1. The minimum absolute atomic E-state index is 0.0893. The standard InChI is InChI=1S/C26H25F3N4O/c1-16(27)24(14-19-6-3-2-4-13-32-19)33-26(34)20-7-5-8-21(29)25(20)23(31)15-22(30)17-9-11-18(28)12-10-17/h3-13,15-16,24,30H,2,14,31H2,1H3,(H,33,34). The van der Waals surface area contributed by atoms with E-state index in [1.165, 1.54) is 49.4 Å². The third kappa shape index (κ3) is 6.31. The molecule has 1 aliphatic heterocycles. The van der Waals surface area contributed by atoms with Gasteiger partial charge in [0.15, 0.2) is 0 Å². The van der Waals surface area contributed by atoms with Crippen molar-refractivity contribution in [1.82, 2.24) is 5.32 Å². The molecule has 0 aromatic heterocycles. The highest BCUT2D eigenvalue weighted by molar-refractivity contribution is 6.11. The average Bonchev–Trinajstić information content (AvgIpc) is 3.07. The number of alkyl halides is 1. The molecule has 0 aliphatic carbocycles. The van der Waals surface area contributed by atoms with E-state index in [9.17, 15) is 18.0 Å². The van der Waals surface area contributed by atoms with Gasteiger partial charge >= 0.3 is 0 Å². The summed E-state index contributed by atoms with van der Waals surface area (Å²) in [6.07, 6.45) is 7.79. The van der Waals surface area contributed by atoms with Crippen molar-refractivity contribution in [3.05, 3.63) is 101 Å². The van der Waals surface area contributed by atoms with Crippen LogP contribution in [-0.2, 0) is 0 Å². The summed E-state index contributed by atoms with van der Waals surface area (Å²) in [5, 5.41) is 10.8. The van der Waals surface area contributed by atoms with Crippen LogP contribution in [0, 0.1) is 17.0 Å². The number of carbonyl (C=O) groups excluding carboxylic acids is 1. The number of halogens is 3. The number of rotatable bonds is 8. The van der Waals surface area contributed by atoms with Gasteiger partial charge in [0.25, 0.3) is 5.91 Å². The van der Waals surface area contributed by atoms with Crippen molar-refractivity contribution in [1.29, 1.82) is 5.41 Å². The Balaban J connectivity index is 1.86. The average molecular weight is 467 g/mol. The Hall–Kier alpha value is -3.94.